The molecule has 0 aromatic heterocycles. The summed E-state index contributed by atoms with van der Waals surface area (Å²) in [5.41, 5.74) is 4.18. The van der Waals surface area contributed by atoms with Crippen molar-refractivity contribution in [3.05, 3.63) is 69.7 Å². The summed E-state index contributed by atoms with van der Waals surface area (Å²) in [5, 5.41) is 5.46. The summed E-state index contributed by atoms with van der Waals surface area (Å²) in [6.07, 6.45) is 2.16. The number of carbonyl (C=O) groups excluding carboxylic acids is 1. The lowest BCUT2D eigenvalue weighted by molar-refractivity contribution is 0.102. The predicted octanol–water partition coefficient (Wildman–Crippen LogP) is 4.96. The molecule has 0 atom stereocenters. The van der Waals surface area contributed by atoms with Gasteiger partial charge in [0.05, 0.1) is 11.6 Å². The van der Waals surface area contributed by atoms with Crippen LogP contribution in [0.15, 0.2) is 53.0 Å². The maximum absolute atomic E-state index is 12.6. The molecular weight excluding hydrogens is 366 g/mol. The highest BCUT2D eigenvalue weighted by molar-refractivity contribution is 9.10. The van der Waals surface area contributed by atoms with Gasteiger partial charge in [-0.1, -0.05) is 24.3 Å². The van der Waals surface area contributed by atoms with Gasteiger partial charge in [0.15, 0.2) is 0 Å². The smallest absolute Gasteiger partial charge is 0.255 e. The van der Waals surface area contributed by atoms with Gasteiger partial charge in [0.25, 0.3) is 5.91 Å². The van der Waals surface area contributed by atoms with Crippen LogP contribution in [-0.4, -0.2) is 13.0 Å². The second-order valence-corrected chi connectivity index (χ2v) is 6.77. The Kier molecular flexibility index (Phi) is 3.77. The highest BCUT2D eigenvalue weighted by Gasteiger charge is 2.17. The van der Waals surface area contributed by atoms with E-state index in [1.165, 1.54) is 16.5 Å². The van der Waals surface area contributed by atoms with Gasteiger partial charge in [-0.25, -0.2) is 0 Å². The van der Waals surface area contributed by atoms with Crippen molar-refractivity contribution >= 4 is 38.3 Å². The van der Waals surface area contributed by atoms with E-state index in [9.17, 15) is 4.79 Å². The van der Waals surface area contributed by atoms with E-state index >= 15 is 0 Å². The average molecular weight is 382 g/mol. The Labute approximate surface area is 148 Å². The van der Waals surface area contributed by atoms with Crippen LogP contribution in [0.3, 0.4) is 0 Å². The number of amides is 1. The number of ether oxygens (including phenoxy) is 1. The summed E-state index contributed by atoms with van der Waals surface area (Å²) in [7, 11) is 1.60. The Morgan fingerprint density at radius 1 is 1.08 bits per heavy atom. The number of halogens is 1. The summed E-state index contributed by atoms with van der Waals surface area (Å²) in [4.78, 5) is 12.6. The highest BCUT2D eigenvalue weighted by Crippen LogP contribution is 2.35. The molecule has 3 aromatic rings. The highest BCUT2D eigenvalue weighted by atomic mass is 79.9. The maximum Gasteiger partial charge on any atom is 0.255 e. The lowest BCUT2D eigenvalue weighted by Gasteiger charge is -2.11. The van der Waals surface area contributed by atoms with Gasteiger partial charge in [0.2, 0.25) is 0 Å². The Bertz CT molecular complexity index is 955. The van der Waals surface area contributed by atoms with Crippen molar-refractivity contribution in [1.29, 1.82) is 0 Å². The van der Waals surface area contributed by atoms with Crippen LogP contribution in [0.5, 0.6) is 5.75 Å². The minimum atomic E-state index is -0.128. The summed E-state index contributed by atoms with van der Waals surface area (Å²) in [6, 6.07) is 15.8. The zero-order chi connectivity index (χ0) is 16.7. The molecule has 24 heavy (non-hydrogen) atoms. The van der Waals surface area contributed by atoms with Crippen molar-refractivity contribution < 1.29 is 9.53 Å². The monoisotopic (exact) mass is 381 g/mol. The SMILES string of the molecule is COc1ccc(C(=O)Nc2ccc3c4c(cccc24)CC3)cc1Br. The second kappa shape index (κ2) is 5.95. The standard InChI is InChI=1S/C20H16BrNO2/c1-24-18-10-8-14(11-16(18)21)20(23)22-17-9-7-13-6-5-12-3-2-4-15(17)19(12)13/h2-4,7-11H,5-6H2,1H3,(H,22,23). The van der Waals surface area contributed by atoms with Crippen LogP contribution in [0.4, 0.5) is 5.69 Å². The van der Waals surface area contributed by atoms with Crippen LogP contribution >= 0.6 is 15.9 Å². The van der Waals surface area contributed by atoms with Gasteiger partial charge in [-0.3, -0.25) is 4.79 Å². The van der Waals surface area contributed by atoms with Crippen LogP contribution in [0.25, 0.3) is 10.8 Å². The number of nitrogens with one attached hydrogen (secondary N) is 1. The Morgan fingerprint density at radius 3 is 2.62 bits per heavy atom. The van der Waals surface area contributed by atoms with Gasteiger partial charge >= 0.3 is 0 Å². The first-order valence-electron chi connectivity index (χ1n) is 7.86. The molecule has 0 fully saturated rings. The van der Waals surface area contributed by atoms with Gasteiger partial charge in [-0.15, -0.1) is 0 Å². The zero-order valence-corrected chi connectivity index (χ0v) is 14.8. The molecule has 0 heterocycles. The number of methoxy groups -OCH3 is 1. The van der Waals surface area contributed by atoms with Crippen molar-refractivity contribution in [2.75, 3.05) is 12.4 Å². The number of carbonyl (C=O) groups is 1. The number of benzene rings is 3. The quantitative estimate of drug-likeness (QED) is 0.695. The van der Waals surface area contributed by atoms with E-state index in [4.69, 9.17) is 4.74 Å². The normalized spacial score (nSPS) is 12.4. The Hall–Kier alpha value is -2.33. The first-order chi connectivity index (χ1) is 11.7. The van der Waals surface area contributed by atoms with E-state index in [-0.39, 0.29) is 5.91 Å². The van der Waals surface area contributed by atoms with Gasteiger partial charge in [-0.2, -0.15) is 0 Å². The third-order valence-corrected chi connectivity index (χ3v) is 5.16. The van der Waals surface area contributed by atoms with E-state index in [2.05, 4.69) is 45.5 Å². The molecule has 120 valence electrons. The fraction of sp³-hybridized carbons (Fsp3) is 0.150. The lowest BCUT2D eigenvalue weighted by Crippen LogP contribution is -2.12. The molecular formula is C20H16BrNO2. The fourth-order valence-electron chi connectivity index (χ4n) is 3.36. The van der Waals surface area contributed by atoms with Crippen molar-refractivity contribution in [2.24, 2.45) is 0 Å². The molecule has 4 rings (SSSR count). The second-order valence-electron chi connectivity index (χ2n) is 5.92. The first-order valence-corrected chi connectivity index (χ1v) is 8.65. The molecule has 0 saturated carbocycles. The molecule has 0 unspecified atom stereocenters. The molecule has 0 aliphatic heterocycles. The van der Waals surface area contributed by atoms with Gasteiger partial charge < -0.3 is 10.1 Å². The summed E-state index contributed by atoms with van der Waals surface area (Å²) in [6.45, 7) is 0. The minimum Gasteiger partial charge on any atom is -0.496 e. The van der Waals surface area contributed by atoms with Crippen LogP contribution in [0, 0.1) is 0 Å². The van der Waals surface area contributed by atoms with Gasteiger partial charge in [0.1, 0.15) is 5.75 Å². The summed E-state index contributed by atoms with van der Waals surface area (Å²) in [5.74, 6) is 0.578. The van der Waals surface area contributed by atoms with Crippen molar-refractivity contribution in [2.45, 2.75) is 12.8 Å². The van der Waals surface area contributed by atoms with E-state index in [0.717, 1.165) is 28.4 Å². The molecule has 1 N–H and O–H groups in total. The van der Waals surface area contributed by atoms with Crippen LogP contribution in [-0.2, 0) is 12.8 Å². The topological polar surface area (TPSA) is 38.3 Å². The van der Waals surface area contributed by atoms with E-state index < -0.39 is 0 Å². The number of aryl methyl sites for hydroxylation is 2. The number of hydrogen-bond donors (Lipinski definition) is 1. The Balaban J connectivity index is 1.70. The minimum absolute atomic E-state index is 0.128. The van der Waals surface area contributed by atoms with E-state index in [1.807, 2.05) is 6.07 Å². The van der Waals surface area contributed by atoms with Gasteiger partial charge in [0, 0.05) is 16.6 Å². The molecule has 1 aliphatic carbocycles. The third-order valence-electron chi connectivity index (χ3n) is 4.54. The van der Waals surface area contributed by atoms with Crippen molar-refractivity contribution in [1.82, 2.24) is 0 Å². The average Bonchev–Trinajstić information content (AvgIpc) is 3.02. The van der Waals surface area contributed by atoms with E-state index in [1.54, 1.807) is 25.3 Å². The largest absolute Gasteiger partial charge is 0.496 e. The molecule has 0 saturated heterocycles. The molecule has 1 aliphatic rings. The summed E-state index contributed by atoms with van der Waals surface area (Å²) < 4.78 is 5.97. The predicted molar refractivity (Wildman–Crippen MR) is 100 cm³/mol. The first kappa shape index (κ1) is 15.2. The molecule has 0 bridgehead atoms. The molecule has 4 heteroatoms. The third kappa shape index (κ3) is 2.47. The molecule has 0 radical (unpaired) electrons. The zero-order valence-electron chi connectivity index (χ0n) is 13.2. The number of hydrogen-bond acceptors (Lipinski definition) is 2. The van der Waals surface area contributed by atoms with Crippen LogP contribution < -0.4 is 10.1 Å². The maximum atomic E-state index is 12.6. The molecule has 3 aromatic carbocycles. The van der Waals surface area contributed by atoms with E-state index in [0.29, 0.717) is 11.3 Å². The number of rotatable bonds is 3. The molecule has 1 amide bonds. The van der Waals surface area contributed by atoms with Crippen molar-refractivity contribution in [3.63, 3.8) is 0 Å². The summed E-state index contributed by atoms with van der Waals surface area (Å²) >= 11 is 3.42. The van der Waals surface area contributed by atoms with Crippen molar-refractivity contribution in [3.8, 4) is 5.75 Å². The fourth-order valence-corrected chi connectivity index (χ4v) is 3.90. The lowest BCUT2D eigenvalue weighted by atomic mass is 10.0. The number of anilines is 1. The van der Waals surface area contributed by atoms with Crippen LogP contribution in [0.2, 0.25) is 0 Å². The van der Waals surface area contributed by atoms with Gasteiger partial charge in [-0.05, 0) is 69.6 Å². The van der Waals surface area contributed by atoms with Crippen LogP contribution in [0.1, 0.15) is 21.5 Å². The molecule has 0 spiro atoms. The molecule has 3 nitrogen and oxygen atoms in total. The Morgan fingerprint density at radius 2 is 1.88 bits per heavy atom.